The van der Waals surface area contributed by atoms with Crippen LogP contribution in [-0.2, 0) is 11.8 Å². The zero-order valence-electron chi connectivity index (χ0n) is 17.0. The quantitative estimate of drug-likeness (QED) is 0.494. The first kappa shape index (κ1) is 22.4. The molecule has 0 saturated heterocycles. The maximum atomic E-state index is 12.7. The molecule has 0 saturated carbocycles. The summed E-state index contributed by atoms with van der Waals surface area (Å²) in [4.78, 5) is 25.0. The second kappa shape index (κ2) is 10.2. The molecule has 0 atom stereocenters. The third kappa shape index (κ3) is 5.68. The second-order valence-corrected chi connectivity index (χ2v) is 7.63. The number of hydrogen-bond donors (Lipinski definition) is 2. The number of benzene rings is 2. The lowest BCUT2D eigenvalue weighted by Crippen LogP contribution is -2.16. The van der Waals surface area contributed by atoms with Gasteiger partial charge in [0.05, 0.1) is 30.7 Å². The van der Waals surface area contributed by atoms with Crippen molar-refractivity contribution in [1.29, 1.82) is 0 Å². The lowest BCUT2D eigenvalue weighted by molar-refractivity contribution is -0.113. The number of aryl methyl sites for hydroxylation is 1. The van der Waals surface area contributed by atoms with E-state index in [2.05, 4.69) is 20.8 Å². The number of hydrogen-bond acceptors (Lipinski definition) is 7. The Morgan fingerprint density at radius 2 is 1.90 bits per heavy atom. The third-order valence-electron chi connectivity index (χ3n) is 4.13. The fourth-order valence-electron chi connectivity index (χ4n) is 2.62. The Morgan fingerprint density at radius 3 is 2.58 bits per heavy atom. The number of halogens is 1. The number of aromatic nitrogens is 3. The predicted molar refractivity (Wildman–Crippen MR) is 119 cm³/mol. The number of anilines is 2. The number of rotatable bonds is 8. The van der Waals surface area contributed by atoms with Crippen LogP contribution in [0.1, 0.15) is 10.4 Å². The van der Waals surface area contributed by atoms with Crippen molar-refractivity contribution in [2.45, 2.75) is 5.16 Å². The highest BCUT2D eigenvalue weighted by Crippen LogP contribution is 2.36. The molecule has 162 valence electrons. The number of thioether (sulfide) groups is 1. The molecule has 2 aromatic carbocycles. The Kier molecular flexibility index (Phi) is 7.37. The van der Waals surface area contributed by atoms with E-state index in [1.165, 1.54) is 26.0 Å². The summed E-state index contributed by atoms with van der Waals surface area (Å²) in [5.41, 5.74) is 1.26. The Balaban J connectivity index is 1.67. The average Bonchev–Trinajstić information content (AvgIpc) is 3.18. The van der Waals surface area contributed by atoms with Gasteiger partial charge in [-0.1, -0.05) is 29.4 Å². The van der Waals surface area contributed by atoms with Gasteiger partial charge in [0.15, 0.2) is 5.16 Å². The first-order valence-corrected chi connectivity index (χ1v) is 10.4. The summed E-state index contributed by atoms with van der Waals surface area (Å²) in [6, 6.07) is 9.74. The first-order chi connectivity index (χ1) is 14.9. The monoisotopic (exact) mass is 461 g/mol. The van der Waals surface area contributed by atoms with Crippen LogP contribution in [0.5, 0.6) is 11.5 Å². The van der Waals surface area contributed by atoms with Crippen LogP contribution in [0.3, 0.4) is 0 Å². The van der Waals surface area contributed by atoms with Crippen molar-refractivity contribution in [3.8, 4) is 11.5 Å². The van der Waals surface area contributed by atoms with Gasteiger partial charge >= 0.3 is 0 Å². The Morgan fingerprint density at radius 1 is 1.13 bits per heavy atom. The lowest BCUT2D eigenvalue weighted by atomic mass is 10.1. The molecule has 0 aliphatic rings. The minimum absolute atomic E-state index is 0.157. The zero-order valence-corrected chi connectivity index (χ0v) is 18.6. The largest absolute Gasteiger partial charge is 0.495 e. The molecular weight excluding hydrogens is 442 g/mol. The molecule has 11 heteroatoms. The number of carbonyl (C=O) groups is 2. The normalized spacial score (nSPS) is 10.5. The van der Waals surface area contributed by atoms with E-state index in [1.54, 1.807) is 54.3 Å². The van der Waals surface area contributed by atoms with Crippen molar-refractivity contribution in [2.75, 3.05) is 30.6 Å². The van der Waals surface area contributed by atoms with E-state index in [-0.39, 0.29) is 17.6 Å². The van der Waals surface area contributed by atoms with Crippen LogP contribution in [0.15, 0.2) is 47.9 Å². The Labute approximate surface area is 188 Å². The van der Waals surface area contributed by atoms with Crippen molar-refractivity contribution in [2.24, 2.45) is 7.05 Å². The fraction of sp³-hybridized carbons (Fsp3) is 0.200. The summed E-state index contributed by atoms with van der Waals surface area (Å²) >= 11 is 7.37. The summed E-state index contributed by atoms with van der Waals surface area (Å²) in [6.07, 6.45) is 1.56. The predicted octanol–water partition coefficient (Wildman–Crippen LogP) is 3.47. The van der Waals surface area contributed by atoms with Gasteiger partial charge in [0, 0.05) is 30.4 Å². The lowest BCUT2D eigenvalue weighted by Gasteiger charge is -2.13. The molecule has 1 heterocycles. The first-order valence-electron chi connectivity index (χ1n) is 9.01. The van der Waals surface area contributed by atoms with Crippen LogP contribution in [0.2, 0.25) is 5.02 Å². The SMILES string of the molecule is COc1cc(NC(=O)c2cccc(NC(=O)CSc3nncn3C)c2)c(OC)cc1Cl. The molecule has 31 heavy (non-hydrogen) atoms. The van der Waals surface area contributed by atoms with Gasteiger partial charge < -0.3 is 24.7 Å². The molecule has 0 aliphatic heterocycles. The minimum Gasteiger partial charge on any atom is -0.495 e. The number of nitrogens with zero attached hydrogens (tertiary/aromatic N) is 3. The van der Waals surface area contributed by atoms with Crippen LogP contribution in [0, 0.1) is 0 Å². The molecule has 3 aromatic rings. The number of nitrogens with one attached hydrogen (secondary N) is 2. The standard InChI is InChI=1S/C20H20ClN5O4S/c1-26-11-22-25-20(26)31-10-18(27)23-13-6-4-5-12(7-13)19(28)24-15-9-16(29-2)14(21)8-17(15)30-3/h4-9,11H,10H2,1-3H3,(H,23,27)(H,24,28). The molecule has 0 aliphatic carbocycles. The van der Waals surface area contributed by atoms with Gasteiger partial charge in [-0.25, -0.2) is 0 Å². The molecule has 3 rings (SSSR count). The smallest absolute Gasteiger partial charge is 0.255 e. The molecular formula is C20H20ClN5O4S. The van der Waals surface area contributed by atoms with E-state index in [1.807, 2.05) is 0 Å². The summed E-state index contributed by atoms with van der Waals surface area (Å²) in [6.45, 7) is 0. The van der Waals surface area contributed by atoms with E-state index in [0.717, 1.165) is 0 Å². The Bertz CT molecular complexity index is 1100. The molecule has 9 nitrogen and oxygen atoms in total. The molecule has 0 unspecified atom stereocenters. The topological polar surface area (TPSA) is 107 Å². The van der Waals surface area contributed by atoms with Gasteiger partial charge in [-0.2, -0.15) is 0 Å². The summed E-state index contributed by atoms with van der Waals surface area (Å²) in [5.74, 6) is 0.343. The van der Waals surface area contributed by atoms with Gasteiger partial charge in [-0.3, -0.25) is 9.59 Å². The van der Waals surface area contributed by atoms with Crippen LogP contribution >= 0.6 is 23.4 Å². The van der Waals surface area contributed by atoms with Crippen molar-refractivity contribution in [1.82, 2.24) is 14.8 Å². The van der Waals surface area contributed by atoms with Crippen LogP contribution in [-0.4, -0.2) is 46.6 Å². The van der Waals surface area contributed by atoms with Gasteiger partial charge in [-0.15, -0.1) is 10.2 Å². The molecule has 2 N–H and O–H groups in total. The fourth-order valence-corrected chi connectivity index (χ4v) is 3.54. The summed E-state index contributed by atoms with van der Waals surface area (Å²) < 4.78 is 12.2. The molecule has 2 amide bonds. The highest BCUT2D eigenvalue weighted by Gasteiger charge is 2.15. The molecule has 0 fully saturated rings. The van der Waals surface area contributed by atoms with Crippen LogP contribution < -0.4 is 20.1 Å². The Hall–Kier alpha value is -3.24. The highest BCUT2D eigenvalue weighted by atomic mass is 35.5. The van der Waals surface area contributed by atoms with Gasteiger partial charge in [0.2, 0.25) is 5.91 Å². The summed E-state index contributed by atoms with van der Waals surface area (Å²) in [5, 5.41) is 14.2. The van der Waals surface area contributed by atoms with E-state index in [9.17, 15) is 9.59 Å². The number of carbonyl (C=O) groups excluding carboxylic acids is 2. The zero-order chi connectivity index (χ0) is 22.4. The maximum absolute atomic E-state index is 12.7. The average molecular weight is 462 g/mol. The van der Waals surface area contributed by atoms with Crippen molar-refractivity contribution in [3.63, 3.8) is 0 Å². The number of methoxy groups -OCH3 is 2. The van der Waals surface area contributed by atoms with Crippen LogP contribution in [0.4, 0.5) is 11.4 Å². The maximum Gasteiger partial charge on any atom is 0.255 e. The van der Waals surface area contributed by atoms with Gasteiger partial charge in [-0.05, 0) is 18.2 Å². The molecule has 0 spiro atoms. The number of ether oxygens (including phenoxy) is 2. The van der Waals surface area contributed by atoms with E-state index in [4.69, 9.17) is 21.1 Å². The van der Waals surface area contributed by atoms with Gasteiger partial charge in [0.1, 0.15) is 17.8 Å². The van der Waals surface area contributed by atoms with Gasteiger partial charge in [0.25, 0.3) is 5.91 Å². The minimum atomic E-state index is -0.382. The molecule has 0 bridgehead atoms. The van der Waals surface area contributed by atoms with Crippen molar-refractivity contribution in [3.05, 3.63) is 53.3 Å². The van der Waals surface area contributed by atoms with Crippen LogP contribution in [0.25, 0.3) is 0 Å². The second-order valence-electron chi connectivity index (χ2n) is 6.28. The van der Waals surface area contributed by atoms with E-state index < -0.39 is 0 Å². The van der Waals surface area contributed by atoms with E-state index >= 15 is 0 Å². The number of amides is 2. The highest BCUT2D eigenvalue weighted by molar-refractivity contribution is 7.99. The van der Waals surface area contributed by atoms with Crippen molar-refractivity contribution >= 4 is 46.6 Å². The third-order valence-corrected chi connectivity index (χ3v) is 5.46. The molecule has 0 radical (unpaired) electrons. The van der Waals surface area contributed by atoms with Crippen molar-refractivity contribution < 1.29 is 19.1 Å². The van der Waals surface area contributed by atoms with E-state index in [0.29, 0.717) is 38.6 Å². The molecule has 1 aromatic heterocycles. The summed E-state index contributed by atoms with van der Waals surface area (Å²) in [7, 11) is 4.75.